The number of nitrogens with zero attached hydrogens (tertiary/aromatic N) is 5. The Morgan fingerprint density at radius 1 is 1.15 bits per heavy atom. The standard InChI is InChI=1S/C25H26N6O2/c1-33-20-8-9-22-21(16-20)28-25(23-7-4-12-31(22)23)10-13-30(14-11-25)24(32)15-18-5-2-3-6-19(18)17-27-29-26/h2-9,12,16,28H,10-11,13-15,17H2,1H3. The molecule has 1 spiro atoms. The quantitative estimate of drug-likeness (QED) is 0.350. The highest BCUT2D eigenvalue weighted by Gasteiger charge is 2.42. The van der Waals surface area contributed by atoms with Crippen molar-refractivity contribution in [2.45, 2.75) is 31.3 Å². The molecule has 2 aliphatic heterocycles. The van der Waals surface area contributed by atoms with Gasteiger partial charge in [-0.1, -0.05) is 29.4 Å². The molecule has 8 nitrogen and oxygen atoms in total. The zero-order chi connectivity index (χ0) is 22.8. The molecule has 1 fully saturated rings. The molecule has 1 aromatic heterocycles. The van der Waals surface area contributed by atoms with E-state index in [1.54, 1.807) is 7.11 Å². The van der Waals surface area contributed by atoms with Crippen molar-refractivity contribution in [2.24, 2.45) is 5.11 Å². The molecule has 0 unspecified atom stereocenters. The molecule has 1 amide bonds. The Hall–Kier alpha value is -3.90. The number of hydrogen-bond donors (Lipinski definition) is 1. The predicted octanol–water partition coefficient (Wildman–Crippen LogP) is 4.78. The molecule has 1 N–H and O–H groups in total. The third-order valence-corrected chi connectivity index (χ3v) is 6.81. The maximum absolute atomic E-state index is 13.1. The number of aromatic nitrogens is 1. The number of likely N-dealkylation sites (tertiary alicyclic amines) is 1. The van der Waals surface area contributed by atoms with Crippen LogP contribution in [0.5, 0.6) is 5.75 Å². The van der Waals surface area contributed by atoms with Gasteiger partial charge in [0.1, 0.15) is 5.75 Å². The molecule has 33 heavy (non-hydrogen) atoms. The third kappa shape index (κ3) is 3.79. The van der Waals surface area contributed by atoms with Gasteiger partial charge in [0, 0.05) is 36.0 Å². The number of carbonyl (C=O) groups excluding carboxylic acids is 1. The summed E-state index contributed by atoms with van der Waals surface area (Å²) >= 11 is 0. The highest BCUT2D eigenvalue weighted by molar-refractivity contribution is 5.79. The Balaban J connectivity index is 1.33. The number of hydrogen-bond acceptors (Lipinski definition) is 4. The van der Waals surface area contributed by atoms with Crippen LogP contribution >= 0.6 is 0 Å². The van der Waals surface area contributed by atoms with Gasteiger partial charge in [-0.15, -0.1) is 0 Å². The van der Waals surface area contributed by atoms with Gasteiger partial charge < -0.3 is 19.5 Å². The summed E-state index contributed by atoms with van der Waals surface area (Å²) in [6, 6.07) is 18.0. The molecular weight excluding hydrogens is 416 g/mol. The number of anilines is 1. The van der Waals surface area contributed by atoms with E-state index in [2.05, 4.69) is 44.3 Å². The zero-order valence-corrected chi connectivity index (χ0v) is 18.6. The summed E-state index contributed by atoms with van der Waals surface area (Å²) in [6.07, 6.45) is 4.05. The number of azide groups is 1. The van der Waals surface area contributed by atoms with Gasteiger partial charge in [-0.2, -0.15) is 0 Å². The third-order valence-electron chi connectivity index (χ3n) is 6.81. The zero-order valence-electron chi connectivity index (χ0n) is 18.6. The van der Waals surface area contributed by atoms with Crippen LogP contribution in [0.15, 0.2) is 65.9 Å². The average Bonchev–Trinajstić information content (AvgIpc) is 3.35. The summed E-state index contributed by atoms with van der Waals surface area (Å²) in [6.45, 7) is 1.61. The number of nitrogens with one attached hydrogen (secondary N) is 1. The number of carbonyl (C=O) groups is 1. The van der Waals surface area contributed by atoms with Gasteiger partial charge in [-0.05, 0) is 53.8 Å². The molecule has 8 heteroatoms. The second-order valence-electron chi connectivity index (χ2n) is 8.57. The van der Waals surface area contributed by atoms with E-state index in [4.69, 9.17) is 10.3 Å². The Morgan fingerprint density at radius 2 is 1.94 bits per heavy atom. The minimum atomic E-state index is -0.223. The summed E-state index contributed by atoms with van der Waals surface area (Å²) in [4.78, 5) is 17.9. The molecule has 168 valence electrons. The van der Waals surface area contributed by atoms with Crippen LogP contribution in [0.25, 0.3) is 16.1 Å². The number of amides is 1. The van der Waals surface area contributed by atoms with E-state index in [1.165, 1.54) is 5.69 Å². The molecule has 5 rings (SSSR count). The van der Waals surface area contributed by atoms with Crippen molar-refractivity contribution in [1.82, 2.24) is 9.47 Å². The Kier molecular flexibility index (Phi) is 5.44. The Bertz CT molecular complexity index is 1240. The summed E-state index contributed by atoms with van der Waals surface area (Å²) in [5.74, 6) is 0.922. The molecule has 1 saturated heterocycles. The average molecular weight is 443 g/mol. The first-order valence-corrected chi connectivity index (χ1v) is 11.1. The van der Waals surface area contributed by atoms with E-state index in [0.29, 0.717) is 19.5 Å². The SMILES string of the molecule is COc1ccc2c(c1)NC1(CCN(C(=O)Cc3ccccc3CN=[N+]=[N-])CC1)c1cccn1-2. The predicted molar refractivity (Wildman–Crippen MR) is 126 cm³/mol. The summed E-state index contributed by atoms with van der Waals surface area (Å²) < 4.78 is 7.68. The van der Waals surface area contributed by atoms with Crippen molar-refractivity contribution in [3.05, 3.63) is 88.1 Å². The summed E-state index contributed by atoms with van der Waals surface area (Å²) in [7, 11) is 1.68. The maximum Gasteiger partial charge on any atom is 0.227 e. The van der Waals surface area contributed by atoms with Gasteiger partial charge in [-0.3, -0.25) is 4.79 Å². The van der Waals surface area contributed by atoms with Gasteiger partial charge in [0.25, 0.3) is 0 Å². The van der Waals surface area contributed by atoms with Gasteiger partial charge >= 0.3 is 0 Å². The van der Waals surface area contributed by atoms with Crippen molar-refractivity contribution in [3.8, 4) is 11.4 Å². The van der Waals surface area contributed by atoms with E-state index in [1.807, 2.05) is 41.3 Å². The van der Waals surface area contributed by atoms with Crippen LogP contribution < -0.4 is 10.1 Å². The van der Waals surface area contributed by atoms with Gasteiger partial charge in [0.2, 0.25) is 5.91 Å². The van der Waals surface area contributed by atoms with Crippen molar-refractivity contribution in [2.75, 3.05) is 25.5 Å². The van der Waals surface area contributed by atoms with Crippen molar-refractivity contribution < 1.29 is 9.53 Å². The largest absolute Gasteiger partial charge is 0.497 e. The molecule has 2 aromatic carbocycles. The molecule has 2 aliphatic rings. The lowest BCUT2D eigenvalue weighted by Crippen LogP contribution is -2.51. The lowest BCUT2D eigenvalue weighted by Gasteiger charge is -2.46. The second kappa shape index (κ2) is 8.56. The molecule has 0 aliphatic carbocycles. The highest BCUT2D eigenvalue weighted by atomic mass is 16.5. The van der Waals surface area contributed by atoms with Crippen molar-refractivity contribution >= 4 is 11.6 Å². The van der Waals surface area contributed by atoms with Crippen molar-refractivity contribution in [1.29, 1.82) is 0 Å². The molecule has 0 atom stereocenters. The van der Waals surface area contributed by atoms with Crippen molar-refractivity contribution in [3.63, 3.8) is 0 Å². The fourth-order valence-corrected chi connectivity index (χ4v) is 5.04. The summed E-state index contributed by atoms with van der Waals surface area (Å²) in [5.41, 5.74) is 13.6. The minimum absolute atomic E-state index is 0.103. The minimum Gasteiger partial charge on any atom is -0.497 e. The number of fused-ring (bicyclic) bond motifs is 4. The van der Waals surface area contributed by atoms with E-state index >= 15 is 0 Å². The van der Waals surface area contributed by atoms with Crippen LogP contribution in [0.4, 0.5) is 5.69 Å². The molecule has 0 saturated carbocycles. The van der Waals surface area contributed by atoms with E-state index < -0.39 is 0 Å². The molecule has 3 aromatic rings. The number of piperidine rings is 1. The Morgan fingerprint density at radius 3 is 2.70 bits per heavy atom. The smallest absolute Gasteiger partial charge is 0.227 e. The number of benzene rings is 2. The Labute approximate surface area is 192 Å². The topological polar surface area (TPSA) is 95.3 Å². The first-order valence-electron chi connectivity index (χ1n) is 11.1. The van der Waals surface area contributed by atoms with Crippen LogP contribution in [0.1, 0.15) is 29.7 Å². The number of ether oxygens (including phenoxy) is 1. The fourth-order valence-electron chi connectivity index (χ4n) is 5.04. The van der Waals surface area contributed by atoms with Crippen LogP contribution in [0, 0.1) is 0 Å². The van der Waals surface area contributed by atoms with E-state index in [0.717, 1.165) is 41.1 Å². The number of rotatable bonds is 5. The van der Waals surface area contributed by atoms with Crippen LogP contribution in [0.2, 0.25) is 0 Å². The molecular formula is C25H26N6O2. The lowest BCUT2D eigenvalue weighted by atomic mass is 9.82. The monoisotopic (exact) mass is 442 g/mol. The molecule has 0 bridgehead atoms. The van der Waals surface area contributed by atoms with Gasteiger partial charge in [-0.25, -0.2) is 0 Å². The van der Waals surface area contributed by atoms with E-state index in [-0.39, 0.29) is 18.0 Å². The van der Waals surface area contributed by atoms with Crippen LogP contribution in [-0.4, -0.2) is 35.6 Å². The second-order valence-corrected chi connectivity index (χ2v) is 8.57. The summed E-state index contributed by atoms with van der Waals surface area (Å²) in [5, 5.41) is 7.45. The first-order chi connectivity index (χ1) is 16.1. The maximum atomic E-state index is 13.1. The highest BCUT2D eigenvalue weighted by Crippen LogP contribution is 2.44. The van der Waals surface area contributed by atoms with Crippen LogP contribution in [-0.2, 0) is 23.3 Å². The molecule has 0 radical (unpaired) electrons. The van der Waals surface area contributed by atoms with Gasteiger partial charge in [0.15, 0.2) is 0 Å². The van der Waals surface area contributed by atoms with E-state index in [9.17, 15) is 4.79 Å². The first kappa shape index (κ1) is 21.0. The fraction of sp³-hybridized carbons (Fsp3) is 0.320. The molecule has 3 heterocycles. The normalized spacial score (nSPS) is 15.7. The van der Waals surface area contributed by atoms with Gasteiger partial charge in [0.05, 0.1) is 37.0 Å². The van der Waals surface area contributed by atoms with Crippen LogP contribution in [0.3, 0.4) is 0 Å². The number of methoxy groups -OCH3 is 1. The lowest BCUT2D eigenvalue weighted by molar-refractivity contribution is -0.132.